The molecule has 1 aliphatic rings. The number of benzene rings is 1. The molecular formula is C16H22N2O3. The highest BCUT2D eigenvalue weighted by atomic mass is 16.3. The lowest BCUT2D eigenvalue weighted by Crippen LogP contribution is -2.33. The molecule has 0 bridgehead atoms. The quantitative estimate of drug-likeness (QED) is 0.749. The standard InChI is InChI=1S/C16H22N2O3/c19-11-12-4-3-7-14(10-12)18-16(21)9-8-15(20)17-13-5-1-2-6-13/h3-4,7,10,13,19H,1-2,5-6,8-9,11H2,(H,17,20)(H,18,21). The summed E-state index contributed by atoms with van der Waals surface area (Å²) < 4.78 is 0. The van der Waals surface area contributed by atoms with Gasteiger partial charge in [0.1, 0.15) is 0 Å². The van der Waals surface area contributed by atoms with Gasteiger partial charge >= 0.3 is 0 Å². The number of nitrogens with one attached hydrogen (secondary N) is 2. The Balaban J connectivity index is 1.72. The van der Waals surface area contributed by atoms with E-state index in [4.69, 9.17) is 5.11 Å². The molecule has 1 fully saturated rings. The molecule has 3 N–H and O–H groups in total. The minimum absolute atomic E-state index is 0.0545. The molecule has 1 aromatic rings. The average molecular weight is 290 g/mol. The summed E-state index contributed by atoms with van der Waals surface area (Å²) in [5.74, 6) is -0.243. The first-order valence-electron chi connectivity index (χ1n) is 7.46. The maximum atomic E-state index is 11.8. The molecule has 114 valence electrons. The third kappa shape index (κ3) is 5.19. The van der Waals surface area contributed by atoms with Gasteiger partial charge < -0.3 is 15.7 Å². The van der Waals surface area contributed by atoms with Crippen molar-refractivity contribution in [1.82, 2.24) is 5.32 Å². The lowest BCUT2D eigenvalue weighted by molar-refractivity contribution is -0.124. The largest absolute Gasteiger partial charge is 0.392 e. The second-order valence-electron chi connectivity index (χ2n) is 5.46. The molecule has 0 saturated heterocycles. The Morgan fingerprint density at radius 3 is 2.57 bits per heavy atom. The van der Waals surface area contributed by atoms with Crippen molar-refractivity contribution >= 4 is 17.5 Å². The van der Waals surface area contributed by atoms with Crippen molar-refractivity contribution in [3.05, 3.63) is 29.8 Å². The van der Waals surface area contributed by atoms with E-state index in [1.807, 2.05) is 0 Å². The minimum atomic E-state index is -0.188. The number of carbonyl (C=O) groups excluding carboxylic acids is 2. The van der Waals surface area contributed by atoms with Crippen molar-refractivity contribution in [2.45, 2.75) is 51.2 Å². The van der Waals surface area contributed by atoms with Crippen LogP contribution in [-0.4, -0.2) is 23.0 Å². The molecule has 0 radical (unpaired) electrons. The fourth-order valence-corrected chi connectivity index (χ4v) is 2.57. The zero-order chi connectivity index (χ0) is 15.1. The van der Waals surface area contributed by atoms with Crippen LogP contribution in [0.4, 0.5) is 5.69 Å². The number of anilines is 1. The van der Waals surface area contributed by atoms with Crippen LogP contribution in [0.15, 0.2) is 24.3 Å². The van der Waals surface area contributed by atoms with Crippen LogP contribution < -0.4 is 10.6 Å². The number of hydrogen-bond acceptors (Lipinski definition) is 3. The topological polar surface area (TPSA) is 78.4 Å². The number of rotatable bonds is 6. The monoisotopic (exact) mass is 290 g/mol. The molecular weight excluding hydrogens is 268 g/mol. The van der Waals surface area contributed by atoms with Gasteiger partial charge in [0.2, 0.25) is 11.8 Å². The van der Waals surface area contributed by atoms with E-state index in [-0.39, 0.29) is 31.3 Å². The Bertz CT molecular complexity index is 496. The van der Waals surface area contributed by atoms with Crippen molar-refractivity contribution < 1.29 is 14.7 Å². The third-order valence-electron chi connectivity index (χ3n) is 3.69. The van der Waals surface area contributed by atoms with E-state index >= 15 is 0 Å². The van der Waals surface area contributed by atoms with Gasteiger partial charge in [-0.25, -0.2) is 0 Å². The van der Waals surface area contributed by atoms with Gasteiger partial charge in [-0.1, -0.05) is 25.0 Å². The summed E-state index contributed by atoms with van der Waals surface area (Å²) in [4.78, 5) is 23.5. The molecule has 0 atom stereocenters. The zero-order valence-corrected chi connectivity index (χ0v) is 12.1. The van der Waals surface area contributed by atoms with Crippen LogP contribution in [0.2, 0.25) is 0 Å². The summed E-state index contributed by atoms with van der Waals surface area (Å²) in [6.07, 6.45) is 4.82. The van der Waals surface area contributed by atoms with Crippen molar-refractivity contribution in [3.63, 3.8) is 0 Å². The molecule has 1 aliphatic carbocycles. The maximum Gasteiger partial charge on any atom is 0.224 e. The van der Waals surface area contributed by atoms with Gasteiger partial charge in [0.25, 0.3) is 0 Å². The van der Waals surface area contributed by atoms with Crippen molar-refractivity contribution in [3.8, 4) is 0 Å². The summed E-state index contributed by atoms with van der Waals surface area (Å²) in [5.41, 5.74) is 1.38. The van der Waals surface area contributed by atoms with Crippen molar-refractivity contribution in [2.24, 2.45) is 0 Å². The van der Waals surface area contributed by atoms with E-state index in [9.17, 15) is 9.59 Å². The fourth-order valence-electron chi connectivity index (χ4n) is 2.57. The van der Waals surface area contributed by atoms with E-state index in [2.05, 4.69) is 10.6 Å². The van der Waals surface area contributed by atoms with Gasteiger partial charge in [0.05, 0.1) is 6.61 Å². The molecule has 2 rings (SSSR count). The molecule has 0 aliphatic heterocycles. The Kier molecular flexibility index (Phi) is 5.75. The zero-order valence-electron chi connectivity index (χ0n) is 12.1. The van der Waals surface area contributed by atoms with Crippen molar-refractivity contribution in [2.75, 3.05) is 5.32 Å². The molecule has 1 aromatic carbocycles. The lowest BCUT2D eigenvalue weighted by Gasteiger charge is -2.11. The van der Waals surface area contributed by atoms with Crippen LogP contribution >= 0.6 is 0 Å². The highest BCUT2D eigenvalue weighted by Crippen LogP contribution is 2.17. The number of aliphatic hydroxyl groups excluding tert-OH is 1. The first-order chi connectivity index (χ1) is 10.2. The lowest BCUT2D eigenvalue weighted by atomic mass is 10.2. The smallest absolute Gasteiger partial charge is 0.224 e. The van der Waals surface area contributed by atoms with Crippen LogP contribution in [0.5, 0.6) is 0 Å². The second-order valence-corrected chi connectivity index (χ2v) is 5.46. The van der Waals surface area contributed by atoms with Crippen LogP contribution in [0.25, 0.3) is 0 Å². The van der Waals surface area contributed by atoms with Crippen LogP contribution in [-0.2, 0) is 16.2 Å². The fraction of sp³-hybridized carbons (Fsp3) is 0.500. The number of carbonyl (C=O) groups is 2. The van der Waals surface area contributed by atoms with Crippen molar-refractivity contribution in [1.29, 1.82) is 0 Å². The molecule has 0 unspecified atom stereocenters. The third-order valence-corrected chi connectivity index (χ3v) is 3.69. The van der Waals surface area contributed by atoms with Gasteiger partial charge in [-0.2, -0.15) is 0 Å². The summed E-state index contributed by atoms with van der Waals surface area (Å²) >= 11 is 0. The molecule has 2 amide bonds. The van der Waals surface area contributed by atoms with Gasteiger partial charge in [-0.05, 0) is 30.5 Å². The first-order valence-corrected chi connectivity index (χ1v) is 7.46. The van der Waals surface area contributed by atoms with E-state index in [0.717, 1.165) is 18.4 Å². The van der Waals surface area contributed by atoms with E-state index < -0.39 is 0 Å². The average Bonchev–Trinajstić information content (AvgIpc) is 2.98. The molecule has 21 heavy (non-hydrogen) atoms. The Hall–Kier alpha value is -1.88. The second kappa shape index (κ2) is 7.78. The maximum absolute atomic E-state index is 11.8. The number of hydrogen-bond donors (Lipinski definition) is 3. The summed E-state index contributed by atoms with van der Waals surface area (Å²) in [6.45, 7) is -0.0620. The van der Waals surface area contributed by atoms with E-state index in [0.29, 0.717) is 11.7 Å². The van der Waals surface area contributed by atoms with Gasteiger partial charge in [-0.3, -0.25) is 9.59 Å². The summed E-state index contributed by atoms with van der Waals surface area (Å²) in [5, 5.41) is 14.7. The number of amides is 2. The van der Waals surface area contributed by atoms with Crippen LogP contribution in [0.1, 0.15) is 44.1 Å². The Morgan fingerprint density at radius 1 is 1.14 bits per heavy atom. The molecule has 0 spiro atoms. The normalized spacial score (nSPS) is 14.9. The van der Waals surface area contributed by atoms with Crippen LogP contribution in [0.3, 0.4) is 0 Å². The predicted octanol–water partition coefficient (Wildman–Crippen LogP) is 1.96. The molecule has 5 nitrogen and oxygen atoms in total. The van der Waals surface area contributed by atoms with E-state index in [1.54, 1.807) is 24.3 Å². The Morgan fingerprint density at radius 2 is 1.86 bits per heavy atom. The summed E-state index contributed by atoms with van der Waals surface area (Å²) in [7, 11) is 0. The highest BCUT2D eigenvalue weighted by molar-refractivity contribution is 5.93. The van der Waals surface area contributed by atoms with Gasteiger partial charge in [0.15, 0.2) is 0 Å². The molecule has 0 heterocycles. The minimum Gasteiger partial charge on any atom is -0.392 e. The molecule has 0 aromatic heterocycles. The Labute approximate surface area is 124 Å². The van der Waals surface area contributed by atoms with Gasteiger partial charge in [0, 0.05) is 24.6 Å². The van der Waals surface area contributed by atoms with Gasteiger partial charge in [-0.15, -0.1) is 0 Å². The van der Waals surface area contributed by atoms with Crippen LogP contribution in [0, 0.1) is 0 Å². The molecule has 5 heteroatoms. The SMILES string of the molecule is O=C(CCC(=O)NC1CCCC1)Nc1cccc(CO)c1. The molecule has 1 saturated carbocycles. The predicted molar refractivity (Wildman–Crippen MR) is 80.6 cm³/mol. The first kappa shape index (κ1) is 15.5. The van der Waals surface area contributed by atoms with E-state index in [1.165, 1.54) is 12.8 Å². The summed E-state index contributed by atoms with van der Waals surface area (Å²) in [6, 6.07) is 7.33. The highest BCUT2D eigenvalue weighted by Gasteiger charge is 2.17. The number of aliphatic hydroxyl groups is 1.